The molecule has 0 amide bonds. The van der Waals surface area contributed by atoms with Crippen LogP contribution >= 0.6 is 0 Å². The number of H-pyrrole nitrogens is 1. The number of benzene rings is 2. The first-order chi connectivity index (χ1) is 13.8. The van der Waals surface area contributed by atoms with Gasteiger partial charge in [0.25, 0.3) is 0 Å². The molecule has 0 aliphatic carbocycles. The predicted molar refractivity (Wildman–Crippen MR) is 112 cm³/mol. The van der Waals surface area contributed by atoms with E-state index in [0.29, 0.717) is 30.1 Å². The summed E-state index contributed by atoms with van der Waals surface area (Å²) < 4.78 is 25.7. The van der Waals surface area contributed by atoms with Gasteiger partial charge in [0.2, 0.25) is 0 Å². The summed E-state index contributed by atoms with van der Waals surface area (Å²) in [5, 5.41) is 14.1. The van der Waals surface area contributed by atoms with E-state index in [4.69, 9.17) is 9.47 Å². The van der Waals surface area contributed by atoms with E-state index < -0.39 is 11.6 Å². The molecule has 2 heterocycles. The monoisotopic (exact) mass is 397 g/mol. The Balaban J connectivity index is 1.48. The molecular formula is C22H24FN3O3. The number of fused-ring (bicyclic) bond motifs is 1. The molecule has 1 atom stereocenters. The molecule has 3 N–H and O–H groups in total. The molecule has 1 unspecified atom stereocenters. The highest BCUT2D eigenvalue weighted by molar-refractivity contribution is 6.04. The van der Waals surface area contributed by atoms with Crippen molar-refractivity contribution < 1.29 is 19.0 Å². The molecule has 4 rings (SSSR count). The molecule has 29 heavy (non-hydrogen) atoms. The maximum absolute atomic E-state index is 14.5. The quantitative estimate of drug-likeness (QED) is 0.548. The number of hydrogen-bond acceptors (Lipinski definition) is 5. The van der Waals surface area contributed by atoms with Gasteiger partial charge >= 0.3 is 0 Å². The molecule has 152 valence electrons. The van der Waals surface area contributed by atoms with Gasteiger partial charge in [-0.2, -0.15) is 0 Å². The highest BCUT2D eigenvalue weighted by Gasteiger charge is 2.32. The molecule has 1 aliphatic heterocycles. The van der Waals surface area contributed by atoms with Crippen LogP contribution in [0.4, 0.5) is 15.8 Å². The van der Waals surface area contributed by atoms with E-state index in [1.165, 1.54) is 6.07 Å². The smallest absolute Gasteiger partial charge is 0.198 e. The van der Waals surface area contributed by atoms with Crippen LogP contribution < -0.4 is 5.32 Å². The number of aromatic amines is 1. The Morgan fingerprint density at radius 2 is 2.17 bits per heavy atom. The number of aliphatic imine (C=N–C) groups is 1. The summed E-state index contributed by atoms with van der Waals surface area (Å²) >= 11 is 0. The van der Waals surface area contributed by atoms with E-state index in [-0.39, 0.29) is 12.0 Å². The van der Waals surface area contributed by atoms with Gasteiger partial charge in [0.15, 0.2) is 11.7 Å². The van der Waals surface area contributed by atoms with Crippen molar-refractivity contribution in [3.63, 3.8) is 0 Å². The number of rotatable bonds is 5. The average molecular weight is 397 g/mol. The number of aromatic nitrogens is 1. The second-order valence-corrected chi connectivity index (χ2v) is 7.64. The van der Waals surface area contributed by atoms with E-state index in [1.54, 1.807) is 18.3 Å². The third kappa shape index (κ3) is 4.11. The highest BCUT2D eigenvalue weighted by atomic mass is 19.1. The number of hydrogen-bond donors (Lipinski definition) is 3. The van der Waals surface area contributed by atoms with Crippen molar-refractivity contribution in [1.29, 1.82) is 0 Å². The van der Waals surface area contributed by atoms with E-state index in [2.05, 4.69) is 15.3 Å². The summed E-state index contributed by atoms with van der Waals surface area (Å²) in [4.78, 5) is 7.27. The first-order valence-corrected chi connectivity index (χ1v) is 9.52. The van der Waals surface area contributed by atoms with Crippen LogP contribution in [0.25, 0.3) is 10.9 Å². The second-order valence-electron chi connectivity index (χ2n) is 7.64. The molecule has 1 aromatic heterocycles. The lowest BCUT2D eigenvalue weighted by Gasteiger charge is -2.17. The van der Waals surface area contributed by atoms with Gasteiger partial charge in [-0.3, -0.25) is 4.99 Å². The maximum Gasteiger partial charge on any atom is 0.198 e. The Morgan fingerprint density at radius 3 is 2.90 bits per heavy atom. The van der Waals surface area contributed by atoms with Crippen LogP contribution in [-0.2, 0) is 9.47 Å². The summed E-state index contributed by atoms with van der Waals surface area (Å²) in [7, 11) is 0. The summed E-state index contributed by atoms with van der Waals surface area (Å²) in [6.07, 6.45) is 1.42. The van der Waals surface area contributed by atoms with Crippen molar-refractivity contribution in [1.82, 2.24) is 4.98 Å². The SMILES string of the molecule is Cc1cccc2[nH]c(O)c(C=Nc3ccc(NCC4COC(C)(C)O4)c(F)c3)c12. The van der Waals surface area contributed by atoms with Crippen LogP contribution in [0.1, 0.15) is 25.0 Å². The van der Waals surface area contributed by atoms with Gasteiger partial charge in [0.05, 0.1) is 23.5 Å². The summed E-state index contributed by atoms with van der Waals surface area (Å²) in [6.45, 7) is 6.59. The average Bonchev–Trinajstić information content (AvgIpc) is 3.18. The van der Waals surface area contributed by atoms with Crippen LogP contribution in [0, 0.1) is 12.7 Å². The second kappa shape index (κ2) is 7.50. The molecular weight excluding hydrogens is 373 g/mol. The van der Waals surface area contributed by atoms with Crippen LogP contribution in [0.5, 0.6) is 5.88 Å². The minimum atomic E-state index is -0.601. The molecule has 0 radical (unpaired) electrons. The van der Waals surface area contributed by atoms with Crippen LogP contribution in [0.3, 0.4) is 0 Å². The molecule has 1 aliphatic rings. The number of nitrogens with zero attached hydrogens (tertiary/aromatic N) is 1. The van der Waals surface area contributed by atoms with Gasteiger partial charge in [-0.15, -0.1) is 0 Å². The Hall–Kier alpha value is -2.90. The standard InChI is InChI=1S/C22H24FN3O3/c1-13-5-4-6-19-20(13)16(21(27)26-19)11-24-14-7-8-18(17(23)9-14)25-10-15-12-28-22(2,3)29-15/h4-9,11,15,25-27H,10,12H2,1-3H3. The van der Waals surface area contributed by atoms with Crippen molar-refractivity contribution in [2.75, 3.05) is 18.5 Å². The fourth-order valence-corrected chi connectivity index (χ4v) is 3.52. The molecule has 3 aromatic rings. The lowest BCUT2D eigenvalue weighted by Crippen LogP contribution is -2.26. The molecule has 0 bridgehead atoms. The molecule has 0 spiro atoms. The first kappa shape index (κ1) is 19.4. The largest absolute Gasteiger partial charge is 0.494 e. The van der Waals surface area contributed by atoms with Crippen molar-refractivity contribution >= 4 is 28.5 Å². The van der Waals surface area contributed by atoms with Gasteiger partial charge < -0.3 is 24.9 Å². The minimum Gasteiger partial charge on any atom is -0.494 e. The zero-order chi connectivity index (χ0) is 20.6. The summed E-state index contributed by atoms with van der Waals surface area (Å²) in [5.74, 6) is -0.967. The Bertz CT molecular complexity index is 1070. The van der Waals surface area contributed by atoms with Gasteiger partial charge in [0, 0.05) is 29.7 Å². The number of aryl methyl sites for hydroxylation is 1. The van der Waals surface area contributed by atoms with E-state index in [0.717, 1.165) is 16.5 Å². The van der Waals surface area contributed by atoms with Crippen molar-refractivity contribution in [2.24, 2.45) is 4.99 Å². The van der Waals surface area contributed by atoms with Gasteiger partial charge in [0.1, 0.15) is 11.9 Å². The van der Waals surface area contributed by atoms with Crippen molar-refractivity contribution in [3.05, 3.63) is 53.3 Å². The Morgan fingerprint density at radius 1 is 1.34 bits per heavy atom. The number of halogens is 1. The van der Waals surface area contributed by atoms with Crippen LogP contribution in [0.15, 0.2) is 41.4 Å². The predicted octanol–water partition coefficient (Wildman–Crippen LogP) is 4.64. The number of ether oxygens (including phenoxy) is 2. The van der Waals surface area contributed by atoms with Gasteiger partial charge in [-0.25, -0.2) is 4.39 Å². The molecule has 1 saturated heterocycles. The maximum atomic E-state index is 14.5. The lowest BCUT2D eigenvalue weighted by atomic mass is 10.1. The Labute approximate surface area is 168 Å². The highest BCUT2D eigenvalue weighted by Crippen LogP contribution is 2.29. The topological polar surface area (TPSA) is 78.9 Å². The fraction of sp³-hybridized carbons (Fsp3) is 0.318. The third-order valence-corrected chi connectivity index (χ3v) is 4.93. The molecule has 1 fully saturated rings. The lowest BCUT2D eigenvalue weighted by molar-refractivity contribution is -0.136. The number of nitrogens with one attached hydrogen (secondary N) is 2. The van der Waals surface area contributed by atoms with E-state index in [1.807, 2.05) is 39.0 Å². The molecule has 6 nitrogen and oxygen atoms in total. The zero-order valence-corrected chi connectivity index (χ0v) is 16.6. The Kier molecular flexibility index (Phi) is 5.02. The summed E-state index contributed by atoms with van der Waals surface area (Å²) in [5.41, 5.74) is 3.27. The normalized spacial score (nSPS) is 18.7. The van der Waals surface area contributed by atoms with Gasteiger partial charge in [-0.1, -0.05) is 12.1 Å². The third-order valence-electron chi connectivity index (χ3n) is 4.93. The molecule has 0 saturated carbocycles. The summed E-state index contributed by atoms with van der Waals surface area (Å²) in [6, 6.07) is 10.5. The van der Waals surface area contributed by atoms with Crippen LogP contribution in [-0.4, -0.2) is 41.3 Å². The van der Waals surface area contributed by atoms with E-state index in [9.17, 15) is 9.50 Å². The zero-order valence-electron chi connectivity index (χ0n) is 16.6. The van der Waals surface area contributed by atoms with E-state index >= 15 is 0 Å². The first-order valence-electron chi connectivity index (χ1n) is 9.52. The fourth-order valence-electron chi connectivity index (χ4n) is 3.52. The van der Waals surface area contributed by atoms with Gasteiger partial charge in [-0.05, 0) is 44.5 Å². The molecule has 7 heteroatoms. The van der Waals surface area contributed by atoms with Crippen molar-refractivity contribution in [3.8, 4) is 5.88 Å². The van der Waals surface area contributed by atoms with Crippen LogP contribution in [0.2, 0.25) is 0 Å². The number of aromatic hydroxyl groups is 1. The minimum absolute atomic E-state index is 0.0403. The van der Waals surface area contributed by atoms with Crippen molar-refractivity contribution in [2.45, 2.75) is 32.7 Å². The number of anilines is 1. The molecule has 2 aromatic carbocycles.